The first-order valence-electron chi connectivity index (χ1n) is 7.15. The third-order valence-corrected chi connectivity index (χ3v) is 3.58. The molecule has 0 aliphatic carbocycles. The average Bonchev–Trinajstić information content (AvgIpc) is 2.66. The largest absolute Gasteiger partial charge is 0.487 e. The van der Waals surface area contributed by atoms with Gasteiger partial charge < -0.3 is 15.2 Å². The number of aliphatic hydroxyl groups excluding tert-OH is 1. The van der Waals surface area contributed by atoms with Gasteiger partial charge in [0.05, 0.1) is 0 Å². The normalized spacial score (nSPS) is 17.9. The quantitative estimate of drug-likeness (QED) is 0.829. The molecule has 2 rings (SSSR count). The molecular formula is C16H25NO2. The molecule has 3 heteroatoms. The van der Waals surface area contributed by atoms with Gasteiger partial charge in [-0.3, -0.25) is 0 Å². The molecule has 0 bridgehead atoms. The van der Waals surface area contributed by atoms with Crippen molar-refractivity contribution >= 4 is 0 Å². The number of fused-ring (bicyclic) bond motifs is 1. The predicted octanol–water partition coefficient (Wildman–Crippen LogP) is 2.65. The minimum Gasteiger partial charge on any atom is -0.487 e. The van der Waals surface area contributed by atoms with E-state index in [0.717, 1.165) is 31.6 Å². The fourth-order valence-corrected chi connectivity index (χ4v) is 2.56. The fraction of sp³-hybridized carbons (Fsp3) is 0.625. The van der Waals surface area contributed by atoms with E-state index in [-0.39, 0.29) is 12.2 Å². The van der Waals surface area contributed by atoms with E-state index in [1.807, 2.05) is 0 Å². The number of nitrogens with one attached hydrogen (secondary N) is 1. The van der Waals surface area contributed by atoms with Crippen molar-refractivity contribution in [3.63, 3.8) is 0 Å². The third kappa shape index (κ3) is 3.95. The van der Waals surface area contributed by atoms with E-state index in [0.29, 0.717) is 6.04 Å². The van der Waals surface area contributed by atoms with Crippen LogP contribution in [0.5, 0.6) is 5.75 Å². The van der Waals surface area contributed by atoms with Crippen LogP contribution in [-0.2, 0) is 13.0 Å². The maximum atomic E-state index is 8.81. The summed E-state index contributed by atoms with van der Waals surface area (Å²) in [5, 5.41) is 12.3. The molecule has 1 heterocycles. The molecule has 0 amide bonds. The van der Waals surface area contributed by atoms with Gasteiger partial charge in [-0.15, -0.1) is 0 Å². The Kier molecular flexibility index (Phi) is 4.48. The molecule has 0 aromatic heterocycles. The Morgan fingerprint density at radius 2 is 2.21 bits per heavy atom. The summed E-state index contributed by atoms with van der Waals surface area (Å²) in [5.41, 5.74) is 2.55. The summed E-state index contributed by atoms with van der Waals surface area (Å²) >= 11 is 0. The van der Waals surface area contributed by atoms with Crippen molar-refractivity contribution in [3.05, 3.63) is 29.3 Å². The Bertz CT molecular complexity index is 429. The number of benzene rings is 1. The lowest BCUT2D eigenvalue weighted by Crippen LogP contribution is -2.25. The molecule has 1 aromatic rings. The molecule has 0 fully saturated rings. The van der Waals surface area contributed by atoms with Gasteiger partial charge in [0.2, 0.25) is 0 Å². The number of hydrogen-bond acceptors (Lipinski definition) is 3. The van der Waals surface area contributed by atoms with Crippen LogP contribution in [0.3, 0.4) is 0 Å². The number of ether oxygens (including phenoxy) is 1. The molecule has 1 aliphatic heterocycles. The summed E-state index contributed by atoms with van der Waals surface area (Å²) in [6.45, 7) is 7.57. The van der Waals surface area contributed by atoms with Gasteiger partial charge in [0.15, 0.2) is 0 Å². The molecule has 3 nitrogen and oxygen atoms in total. The standard InChI is InChI=1S/C16H25NO2/c1-12(5-4-8-18)17-11-13-6-7-15-14(9-13)10-16(2,3)19-15/h6-7,9,12,17-18H,4-5,8,10-11H2,1-3H3. The predicted molar refractivity (Wildman–Crippen MR) is 77.5 cm³/mol. The van der Waals surface area contributed by atoms with Gasteiger partial charge in [0.25, 0.3) is 0 Å². The van der Waals surface area contributed by atoms with Crippen LogP contribution < -0.4 is 10.1 Å². The summed E-state index contributed by atoms with van der Waals surface area (Å²) in [6.07, 6.45) is 2.86. The van der Waals surface area contributed by atoms with Crippen LogP contribution in [0.4, 0.5) is 0 Å². The lowest BCUT2D eigenvalue weighted by atomic mass is 10.00. The van der Waals surface area contributed by atoms with E-state index in [4.69, 9.17) is 9.84 Å². The lowest BCUT2D eigenvalue weighted by Gasteiger charge is -2.16. The first-order valence-corrected chi connectivity index (χ1v) is 7.15. The Morgan fingerprint density at radius 1 is 1.42 bits per heavy atom. The van der Waals surface area contributed by atoms with Gasteiger partial charge in [0, 0.05) is 25.6 Å². The third-order valence-electron chi connectivity index (χ3n) is 3.58. The van der Waals surface area contributed by atoms with Gasteiger partial charge in [-0.2, -0.15) is 0 Å². The molecule has 1 unspecified atom stereocenters. The van der Waals surface area contributed by atoms with E-state index in [2.05, 4.69) is 44.3 Å². The minimum atomic E-state index is -0.0667. The zero-order chi connectivity index (χ0) is 13.9. The van der Waals surface area contributed by atoms with Gasteiger partial charge in [-0.1, -0.05) is 12.1 Å². The first-order chi connectivity index (χ1) is 9.00. The molecule has 0 spiro atoms. The number of aliphatic hydroxyl groups is 1. The molecule has 0 saturated carbocycles. The maximum absolute atomic E-state index is 8.81. The van der Waals surface area contributed by atoms with E-state index >= 15 is 0 Å². The molecular weight excluding hydrogens is 238 g/mol. The molecule has 19 heavy (non-hydrogen) atoms. The van der Waals surface area contributed by atoms with Crippen LogP contribution in [0.1, 0.15) is 44.7 Å². The van der Waals surface area contributed by atoms with Crippen molar-refractivity contribution < 1.29 is 9.84 Å². The van der Waals surface area contributed by atoms with Crippen molar-refractivity contribution in [2.24, 2.45) is 0 Å². The molecule has 106 valence electrons. The highest BCUT2D eigenvalue weighted by Crippen LogP contribution is 2.35. The Hall–Kier alpha value is -1.06. The van der Waals surface area contributed by atoms with Crippen LogP contribution in [0.25, 0.3) is 0 Å². The van der Waals surface area contributed by atoms with Crippen LogP contribution in [0.2, 0.25) is 0 Å². The molecule has 1 aliphatic rings. The number of hydrogen-bond donors (Lipinski definition) is 2. The van der Waals surface area contributed by atoms with Crippen molar-refractivity contribution in [1.82, 2.24) is 5.32 Å². The minimum absolute atomic E-state index is 0.0667. The SMILES string of the molecule is CC(CCCO)NCc1ccc2c(c1)CC(C)(C)O2. The lowest BCUT2D eigenvalue weighted by molar-refractivity contribution is 0.138. The van der Waals surface area contributed by atoms with Gasteiger partial charge >= 0.3 is 0 Å². The van der Waals surface area contributed by atoms with Crippen molar-refractivity contribution in [2.75, 3.05) is 6.61 Å². The second-order valence-electron chi connectivity index (χ2n) is 6.13. The molecule has 0 saturated heterocycles. The van der Waals surface area contributed by atoms with E-state index in [9.17, 15) is 0 Å². The van der Waals surface area contributed by atoms with Crippen molar-refractivity contribution in [3.8, 4) is 5.75 Å². The Labute approximate surface area is 116 Å². The van der Waals surface area contributed by atoms with Gasteiger partial charge in [-0.25, -0.2) is 0 Å². The molecule has 0 radical (unpaired) electrons. The Morgan fingerprint density at radius 3 is 2.95 bits per heavy atom. The number of rotatable bonds is 6. The maximum Gasteiger partial charge on any atom is 0.123 e. The zero-order valence-corrected chi connectivity index (χ0v) is 12.2. The summed E-state index contributed by atoms with van der Waals surface area (Å²) in [7, 11) is 0. The second-order valence-corrected chi connectivity index (χ2v) is 6.13. The van der Waals surface area contributed by atoms with Crippen molar-refractivity contribution in [2.45, 2.75) is 58.2 Å². The topological polar surface area (TPSA) is 41.5 Å². The summed E-state index contributed by atoms with van der Waals surface area (Å²) in [6, 6.07) is 6.90. The van der Waals surface area contributed by atoms with E-state index in [1.54, 1.807) is 0 Å². The van der Waals surface area contributed by atoms with Gasteiger partial charge in [0.1, 0.15) is 11.4 Å². The highest BCUT2D eigenvalue weighted by Gasteiger charge is 2.29. The smallest absolute Gasteiger partial charge is 0.123 e. The summed E-state index contributed by atoms with van der Waals surface area (Å²) in [4.78, 5) is 0. The second kappa shape index (κ2) is 5.93. The fourth-order valence-electron chi connectivity index (χ4n) is 2.56. The molecule has 1 aromatic carbocycles. The average molecular weight is 263 g/mol. The van der Waals surface area contributed by atoms with Crippen LogP contribution in [-0.4, -0.2) is 23.4 Å². The van der Waals surface area contributed by atoms with E-state index in [1.165, 1.54) is 11.1 Å². The van der Waals surface area contributed by atoms with Gasteiger partial charge in [-0.05, 0) is 50.8 Å². The first kappa shape index (κ1) is 14.4. The highest BCUT2D eigenvalue weighted by molar-refractivity contribution is 5.41. The summed E-state index contributed by atoms with van der Waals surface area (Å²) < 4.78 is 5.88. The monoisotopic (exact) mass is 263 g/mol. The van der Waals surface area contributed by atoms with Crippen molar-refractivity contribution in [1.29, 1.82) is 0 Å². The summed E-state index contributed by atoms with van der Waals surface area (Å²) in [5.74, 6) is 1.03. The molecule has 1 atom stereocenters. The highest BCUT2D eigenvalue weighted by atomic mass is 16.5. The van der Waals surface area contributed by atoms with Crippen LogP contribution in [0.15, 0.2) is 18.2 Å². The zero-order valence-electron chi connectivity index (χ0n) is 12.2. The van der Waals surface area contributed by atoms with Crippen LogP contribution in [0, 0.1) is 0 Å². The Balaban J connectivity index is 1.90. The van der Waals surface area contributed by atoms with E-state index < -0.39 is 0 Å². The van der Waals surface area contributed by atoms with Crippen LogP contribution >= 0.6 is 0 Å². The molecule has 2 N–H and O–H groups in total.